The van der Waals surface area contributed by atoms with Crippen molar-refractivity contribution in [2.24, 2.45) is 11.1 Å². The largest absolute Gasteiger partial charge is 0.504 e. The minimum atomic E-state index is -3.94. The van der Waals surface area contributed by atoms with Crippen molar-refractivity contribution in [2.75, 3.05) is 23.4 Å². The normalized spacial score (nSPS) is 18.4. The molecule has 1 fully saturated rings. The van der Waals surface area contributed by atoms with Gasteiger partial charge in [0.25, 0.3) is 0 Å². The van der Waals surface area contributed by atoms with Gasteiger partial charge in [0.1, 0.15) is 11.8 Å². The van der Waals surface area contributed by atoms with Crippen molar-refractivity contribution in [1.82, 2.24) is 4.57 Å². The molecule has 0 bridgehead atoms. The molecule has 0 aliphatic carbocycles. The molecular formula is C33H30N4O10S3. The van der Waals surface area contributed by atoms with Crippen LogP contribution in [0, 0.1) is 5.92 Å². The number of primary sulfonamides is 1. The van der Waals surface area contributed by atoms with Crippen molar-refractivity contribution in [2.45, 2.75) is 41.5 Å². The van der Waals surface area contributed by atoms with Gasteiger partial charge in [-0.3, -0.25) is 23.7 Å². The summed E-state index contributed by atoms with van der Waals surface area (Å²) in [5.41, 5.74) is 1.27. The first-order chi connectivity index (χ1) is 23.8. The average Bonchev–Trinajstić information content (AvgIpc) is 3.52. The van der Waals surface area contributed by atoms with Crippen LogP contribution in [-0.2, 0) is 35.7 Å². The van der Waals surface area contributed by atoms with E-state index in [2.05, 4.69) is 5.32 Å². The number of phenolic OH excluding ortho intramolecular Hbond substituents is 1. The molecule has 2 aliphatic rings. The van der Waals surface area contributed by atoms with Gasteiger partial charge in [-0.15, -0.1) is 0 Å². The first-order valence-electron chi connectivity index (χ1n) is 15.3. The Morgan fingerprint density at radius 1 is 0.960 bits per heavy atom. The molecule has 14 nitrogen and oxygen atoms in total. The Kier molecular flexibility index (Phi) is 9.58. The first-order valence-corrected chi connectivity index (χ1v) is 18.5. The minimum Gasteiger partial charge on any atom is -0.504 e. The van der Waals surface area contributed by atoms with Gasteiger partial charge in [0, 0.05) is 16.5 Å². The number of anilines is 2. The van der Waals surface area contributed by atoms with Gasteiger partial charge in [-0.1, -0.05) is 29.2 Å². The van der Waals surface area contributed by atoms with Crippen LogP contribution >= 0.6 is 23.1 Å². The summed E-state index contributed by atoms with van der Waals surface area (Å²) in [5, 5.41) is 17.5. The lowest BCUT2D eigenvalue weighted by Crippen LogP contribution is -2.33. The number of imide groups is 1. The summed E-state index contributed by atoms with van der Waals surface area (Å²) in [4.78, 5) is 68.1. The SMILES string of the molecule is CCOC(=O)c1ccc(N2C(=O)C3Sc4c(sc(=O)n4CC(=O)Nc4ccc(S(N)(=O)=O)cc4)[C@@H](c4ccc(O)c(OCC)c4)C3C2=O)cc1. The number of hydrogen-bond donors (Lipinski definition) is 3. The lowest BCUT2D eigenvalue weighted by Gasteiger charge is -2.31. The number of nitrogens with two attached hydrogens (primary N) is 1. The number of thiazole rings is 1. The molecule has 6 rings (SSSR count). The second kappa shape index (κ2) is 13.7. The van der Waals surface area contributed by atoms with E-state index < -0.39 is 62.2 Å². The summed E-state index contributed by atoms with van der Waals surface area (Å²) in [6.45, 7) is 3.40. The predicted molar refractivity (Wildman–Crippen MR) is 184 cm³/mol. The molecule has 260 valence electrons. The maximum absolute atomic E-state index is 14.2. The third-order valence-corrected chi connectivity index (χ3v) is 11.6. The molecule has 1 aromatic heterocycles. The number of sulfonamides is 1. The van der Waals surface area contributed by atoms with E-state index in [9.17, 15) is 37.5 Å². The van der Waals surface area contributed by atoms with E-state index in [4.69, 9.17) is 14.6 Å². The molecule has 17 heteroatoms. The molecule has 0 spiro atoms. The Balaban J connectivity index is 1.38. The van der Waals surface area contributed by atoms with Gasteiger partial charge in [-0.05, 0) is 80.1 Å². The summed E-state index contributed by atoms with van der Waals surface area (Å²) >= 11 is 1.86. The highest BCUT2D eigenvalue weighted by Gasteiger charge is 2.57. The molecule has 3 amide bonds. The topological polar surface area (TPSA) is 204 Å². The van der Waals surface area contributed by atoms with E-state index in [1.165, 1.54) is 59.2 Å². The van der Waals surface area contributed by atoms with Crippen molar-refractivity contribution < 1.29 is 42.2 Å². The number of aromatic hydroxyl groups is 1. The second-order valence-electron chi connectivity index (χ2n) is 11.2. The molecule has 1 saturated heterocycles. The fourth-order valence-electron chi connectivity index (χ4n) is 5.90. The average molecular weight is 739 g/mol. The van der Waals surface area contributed by atoms with E-state index in [1.807, 2.05) is 0 Å². The molecular weight excluding hydrogens is 709 g/mol. The molecule has 2 unspecified atom stereocenters. The highest BCUT2D eigenvalue weighted by Crippen LogP contribution is 2.54. The van der Waals surface area contributed by atoms with E-state index >= 15 is 0 Å². The van der Waals surface area contributed by atoms with Gasteiger partial charge in [-0.25, -0.2) is 23.3 Å². The summed E-state index contributed by atoms with van der Waals surface area (Å²) < 4.78 is 35.1. The molecule has 0 saturated carbocycles. The second-order valence-corrected chi connectivity index (χ2v) is 14.9. The van der Waals surface area contributed by atoms with Gasteiger partial charge in [0.05, 0.1) is 40.3 Å². The third kappa shape index (κ3) is 6.51. The number of esters is 1. The first kappa shape index (κ1) is 34.9. The molecule has 3 heterocycles. The molecule has 3 atom stereocenters. The molecule has 0 radical (unpaired) electrons. The number of phenols is 1. The number of fused-ring (bicyclic) bond motifs is 2. The van der Waals surface area contributed by atoms with Gasteiger partial charge in [0.15, 0.2) is 11.5 Å². The number of rotatable bonds is 10. The van der Waals surface area contributed by atoms with E-state index in [0.29, 0.717) is 15.5 Å². The van der Waals surface area contributed by atoms with Crippen LogP contribution in [0.1, 0.15) is 40.6 Å². The van der Waals surface area contributed by atoms with Gasteiger partial charge >= 0.3 is 10.8 Å². The quantitative estimate of drug-likeness (QED) is 0.159. The van der Waals surface area contributed by atoms with Crippen LogP contribution in [-0.4, -0.2) is 60.2 Å². The minimum absolute atomic E-state index is 0.130. The van der Waals surface area contributed by atoms with Crippen molar-refractivity contribution in [3.8, 4) is 11.5 Å². The highest BCUT2D eigenvalue weighted by atomic mass is 32.2. The number of carbonyl (C=O) groups excluding carboxylic acids is 4. The monoisotopic (exact) mass is 738 g/mol. The van der Waals surface area contributed by atoms with Crippen LogP contribution in [0.2, 0.25) is 0 Å². The zero-order valence-corrected chi connectivity index (χ0v) is 29.0. The van der Waals surface area contributed by atoms with Gasteiger partial charge in [0.2, 0.25) is 27.7 Å². The fraction of sp³-hybridized carbons (Fsp3) is 0.242. The number of nitrogens with one attached hydrogen (secondary N) is 1. The fourth-order valence-corrected chi connectivity index (χ4v) is 9.19. The van der Waals surface area contributed by atoms with Crippen LogP contribution in [0.15, 0.2) is 81.4 Å². The summed E-state index contributed by atoms with van der Waals surface area (Å²) in [6.07, 6.45) is 0. The third-order valence-electron chi connectivity index (χ3n) is 8.10. The summed E-state index contributed by atoms with van der Waals surface area (Å²) in [7, 11) is -3.94. The van der Waals surface area contributed by atoms with Gasteiger partial charge < -0.3 is 19.9 Å². The van der Waals surface area contributed by atoms with Crippen LogP contribution in [0.25, 0.3) is 0 Å². The van der Waals surface area contributed by atoms with Crippen molar-refractivity contribution in [1.29, 1.82) is 0 Å². The number of ether oxygens (including phenoxy) is 2. The Labute approximate surface area is 293 Å². The number of amides is 3. The standard InChI is InChI=1S/C33H30N4O10S3/c1-3-46-23-15-18(7-14-22(23)38)25-26-27(30(41)37(29(26)40)20-10-5-17(6-11-20)32(42)47-4-2)48-31-28(25)49-33(43)36(31)16-24(39)35-19-8-12-21(13-9-19)50(34,44)45/h5-15,25-27,38H,3-4,16H2,1-2H3,(H,35,39)(H2,34,44,45)/t25-,26?,27?/m0/s1. The number of aromatic nitrogens is 1. The van der Waals surface area contributed by atoms with Crippen molar-refractivity contribution in [3.05, 3.63) is 92.4 Å². The number of thioether (sulfide) groups is 1. The Bertz CT molecular complexity index is 2180. The molecule has 3 aromatic carbocycles. The maximum Gasteiger partial charge on any atom is 0.338 e. The van der Waals surface area contributed by atoms with E-state index in [0.717, 1.165) is 28.0 Å². The van der Waals surface area contributed by atoms with Crippen LogP contribution < -0.4 is 25.0 Å². The maximum atomic E-state index is 14.2. The van der Waals surface area contributed by atoms with Gasteiger partial charge in [-0.2, -0.15) is 0 Å². The van der Waals surface area contributed by atoms with Crippen LogP contribution in [0.5, 0.6) is 11.5 Å². The van der Waals surface area contributed by atoms with Crippen molar-refractivity contribution >= 4 is 68.2 Å². The smallest absolute Gasteiger partial charge is 0.338 e. The molecule has 4 aromatic rings. The molecule has 50 heavy (non-hydrogen) atoms. The Morgan fingerprint density at radius 2 is 1.66 bits per heavy atom. The van der Waals surface area contributed by atoms with Crippen molar-refractivity contribution in [3.63, 3.8) is 0 Å². The number of benzene rings is 3. The number of nitrogens with zero attached hydrogens (tertiary/aromatic N) is 2. The molecule has 2 aliphatic heterocycles. The zero-order valence-electron chi connectivity index (χ0n) is 26.5. The zero-order chi connectivity index (χ0) is 35.9. The predicted octanol–water partition coefficient (Wildman–Crippen LogP) is 3.27. The Hall–Kier alpha value is -4.97. The van der Waals surface area contributed by atoms with E-state index in [-0.39, 0.29) is 46.5 Å². The number of hydrogen-bond acceptors (Lipinski definition) is 12. The highest BCUT2D eigenvalue weighted by molar-refractivity contribution is 8.00. The number of carbonyl (C=O) groups is 4. The van der Waals surface area contributed by atoms with Crippen LogP contribution in [0.4, 0.5) is 11.4 Å². The lowest BCUT2D eigenvalue weighted by molar-refractivity contribution is -0.122. The summed E-state index contributed by atoms with van der Waals surface area (Å²) in [5.74, 6) is -3.99. The lowest BCUT2D eigenvalue weighted by atomic mass is 9.83. The van der Waals surface area contributed by atoms with Crippen LogP contribution in [0.3, 0.4) is 0 Å². The Morgan fingerprint density at radius 3 is 2.30 bits per heavy atom. The summed E-state index contributed by atoms with van der Waals surface area (Å²) in [6, 6.07) is 15.7. The van der Waals surface area contributed by atoms with E-state index in [1.54, 1.807) is 26.0 Å². The molecule has 4 N–H and O–H groups in total.